The number of aliphatic carboxylic acids is 1. The summed E-state index contributed by atoms with van der Waals surface area (Å²) in [5, 5.41) is 16.8. The van der Waals surface area contributed by atoms with E-state index in [1.54, 1.807) is 0 Å². The molecular formula is C25H25N3O2. The van der Waals surface area contributed by atoms with Crippen LogP contribution in [0.2, 0.25) is 0 Å². The Labute approximate surface area is 176 Å². The summed E-state index contributed by atoms with van der Waals surface area (Å²) in [5.41, 5.74) is 8.71. The first-order chi connectivity index (χ1) is 14.7. The molecule has 30 heavy (non-hydrogen) atoms. The number of carboxylic acids is 1. The lowest BCUT2D eigenvalue weighted by Crippen LogP contribution is -2.47. The highest BCUT2D eigenvalue weighted by atomic mass is 16.4. The van der Waals surface area contributed by atoms with Crippen molar-refractivity contribution in [3.63, 3.8) is 0 Å². The van der Waals surface area contributed by atoms with Gasteiger partial charge in [-0.05, 0) is 34.7 Å². The van der Waals surface area contributed by atoms with Crippen molar-refractivity contribution < 1.29 is 9.90 Å². The van der Waals surface area contributed by atoms with Crippen LogP contribution in [0.25, 0.3) is 22.3 Å². The number of nitrogens with zero attached hydrogens (tertiary/aromatic N) is 1. The number of hydrazone groups is 1. The van der Waals surface area contributed by atoms with E-state index in [1.807, 2.05) is 42.6 Å². The van der Waals surface area contributed by atoms with E-state index in [0.717, 1.165) is 16.7 Å². The Kier molecular flexibility index (Phi) is 6.20. The standard InChI is InChI=1S/C25H25N3O2/c29-25(30)22-14-23(17-26-15-22)28-27-16-21-9-4-5-12-24(21)20-11-6-10-19(13-20)18-7-2-1-3-8-18/h1-13,16,22-23,26,28H,14-15,17H2,(H,29,30)/b27-16+/t22-,23+/m1/s1. The van der Waals surface area contributed by atoms with E-state index < -0.39 is 5.97 Å². The minimum Gasteiger partial charge on any atom is -0.481 e. The molecule has 0 radical (unpaired) electrons. The first-order valence-corrected chi connectivity index (χ1v) is 10.2. The average Bonchev–Trinajstić information content (AvgIpc) is 2.80. The summed E-state index contributed by atoms with van der Waals surface area (Å²) in [7, 11) is 0. The van der Waals surface area contributed by atoms with Gasteiger partial charge in [-0.3, -0.25) is 4.79 Å². The molecule has 1 heterocycles. The summed E-state index contributed by atoms with van der Waals surface area (Å²) >= 11 is 0. The molecule has 1 fully saturated rings. The van der Waals surface area contributed by atoms with Crippen LogP contribution in [0.15, 0.2) is 84.0 Å². The lowest BCUT2D eigenvalue weighted by atomic mass is 9.96. The number of carbonyl (C=O) groups is 1. The zero-order valence-corrected chi connectivity index (χ0v) is 16.7. The maximum Gasteiger partial charge on any atom is 0.307 e. The van der Waals surface area contributed by atoms with Crippen molar-refractivity contribution in [3.8, 4) is 22.3 Å². The van der Waals surface area contributed by atoms with Gasteiger partial charge in [-0.25, -0.2) is 0 Å². The summed E-state index contributed by atoms with van der Waals surface area (Å²) in [6, 6.07) is 27.0. The molecule has 1 aliphatic heterocycles. The van der Waals surface area contributed by atoms with E-state index in [0.29, 0.717) is 19.5 Å². The highest BCUT2D eigenvalue weighted by molar-refractivity contribution is 5.91. The number of benzene rings is 3. The third-order valence-electron chi connectivity index (χ3n) is 5.40. The fraction of sp³-hybridized carbons (Fsp3) is 0.200. The van der Waals surface area contributed by atoms with Gasteiger partial charge in [0.05, 0.1) is 18.2 Å². The molecule has 3 aromatic rings. The zero-order chi connectivity index (χ0) is 20.8. The highest BCUT2D eigenvalue weighted by Gasteiger charge is 2.26. The quantitative estimate of drug-likeness (QED) is 0.433. The number of piperidine rings is 1. The largest absolute Gasteiger partial charge is 0.481 e. The van der Waals surface area contributed by atoms with Crippen LogP contribution in [0.1, 0.15) is 12.0 Å². The molecule has 0 bridgehead atoms. The van der Waals surface area contributed by atoms with Crippen LogP contribution in [0.4, 0.5) is 0 Å². The van der Waals surface area contributed by atoms with Crippen molar-refractivity contribution in [1.82, 2.24) is 10.7 Å². The maximum absolute atomic E-state index is 11.2. The first kappa shape index (κ1) is 19.9. The van der Waals surface area contributed by atoms with E-state index >= 15 is 0 Å². The van der Waals surface area contributed by atoms with Crippen molar-refractivity contribution >= 4 is 12.2 Å². The van der Waals surface area contributed by atoms with Gasteiger partial charge in [0.2, 0.25) is 0 Å². The van der Waals surface area contributed by atoms with Crippen LogP contribution >= 0.6 is 0 Å². The van der Waals surface area contributed by atoms with Gasteiger partial charge in [-0.15, -0.1) is 0 Å². The van der Waals surface area contributed by atoms with Gasteiger partial charge in [-0.2, -0.15) is 5.10 Å². The molecule has 1 aliphatic rings. The minimum atomic E-state index is -0.762. The molecule has 5 heteroatoms. The molecule has 4 rings (SSSR count). The fourth-order valence-corrected chi connectivity index (χ4v) is 3.81. The predicted molar refractivity (Wildman–Crippen MR) is 120 cm³/mol. The fourth-order valence-electron chi connectivity index (χ4n) is 3.81. The van der Waals surface area contributed by atoms with Gasteiger partial charge >= 0.3 is 5.97 Å². The molecular weight excluding hydrogens is 374 g/mol. The molecule has 0 amide bonds. The Hall–Kier alpha value is -3.44. The van der Waals surface area contributed by atoms with Crippen molar-refractivity contribution in [2.45, 2.75) is 12.5 Å². The molecule has 0 aliphatic carbocycles. The van der Waals surface area contributed by atoms with Crippen LogP contribution in [0.3, 0.4) is 0 Å². The van der Waals surface area contributed by atoms with Crippen molar-refractivity contribution in [1.29, 1.82) is 0 Å². The molecule has 3 N–H and O–H groups in total. The van der Waals surface area contributed by atoms with Gasteiger partial charge in [-0.1, -0.05) is 72.8 Å². The topological polar surface area (TPSA) is 73.7 Å². The molecule has 0 spiro atoms. The molecule has 2 atom stereocenters. The van der Waals surface area contributed by atoms with E-state index in [-0.39, 0.29) is 12.0 Å². The highest BCUT2D eigenvalue weighted by Crippen LogP contribution is 2.28. The summed E-state index contributed by atoms with van der Waals surface area (Å²) in [5.74, 6) is -1.14. The third-order valence-corrected chi connectivity index (χ3v) is 5.40. The van der Waals surface area contributed by atoms with Crippen molar-refractivity contribution in [3.05, 3.63) is 84.4 Å². The van der Waals surface area contributed by atoms with Gasteiger partial charge in [0, 0.05) is 18.7 Å². The first-order valence-electron chi connectivity index (χ1n) is 10.2. The number of hydrogen-bond acceptors (Lipinski definition) is 4. The molecule has 5 nitrogen and oxygen atoms in total. The Morgan fingerprint density at radius 3 is 2.50 bits per heavy atom. The number of nitrogens with one attached hydrogen (secondary N) is 2. The second-order valence-electron chi connectivity index (χ2n) is 7.55. The molecule has 1 saturated heterocycles. The lowest BCUT2D eigenvalue weighted by Gasteiger charge is -2.27. The van der Waals surface area contributed by atoms with E-state index in [4.69, 9.17) is 0 Å². The summed E-state index contributed by atoms with van der Waals surface area (Å²) in [6.07, 6.45) is 2.38. The monoisotopic (exact) mass is 399 g/mol. The van der Waals surface area contributed by atoms with Gasteiger partial charge in [0.1, 0.15) is 0 Å². The molecule has 0 unspecified atom stereocenters. The smallest absolute Gasteiger partial charge is 0.307 e. The Morgan fingerprint density at radius 2 is 1.67 bits per heavy atom. The molecule has 0 aromatic heterocycles. The summed E-state index contributed by atoms with van der Waals surface area (Å²) in [6.45, 7) is 1.22. The number of hydrogen-bond donors (Lipinski definition) is 3. The number of rotatable bonds is 6. The number of carboxylic acid groups (broad SMARTS) is 1. The second-order valence-corrected chi connectivity index (χ2v) is 7.55. The zero-order valence-electron chi connectivity index (χ0n) is 16.7. The van der Waals surface area contributed by atoms with Gasteiger partial charge in [0.25, 0.3) is 0 Å². The van der Waals surface area contributed by atoms with Gasteiger partial charge in [0.15, 0.2) is 0 Å². The minimum absolute atomic E-state index is 0.00432. The van der Waals surface area contributed by atoms with Crippen LogP contribution in [-0.4, -0.2) is 36.4 Å². The van der Waals surface area contributed by atoms with E-state index in [2.05, 4.69) is 58.3 Å². The van der Waals surface area contributed by atoms with Crippen LogP contribution in [-0.2, 0) is 4.79 Å². The summed E-state index contributed by atoms with van der Waals surface area (Å²) in [4.78, 5) is 11.2. The van der Waals surface area contributed by atoms with E-state index in [9.17, 15) is 9.90 Å². The van der Waals surface area contributed by atoms with Crippen LogP contribution < -0.4 is 10.7 Å². The van der Waals surface area contributed by atoms with Crippen molar-refractivity contribution in [2.24, 2.45) is 11.0 Å². The maximum atomic E-state index is 11.2. The average molecular weight is 399 g/mol. The molecule has 0 saturated carbocycles. The Bertz CT molecular complexity index is 1030. The normalized spacial score (nSPS) is 18.9. The SMILES string of the molecule is O=C(O)[C@H]1CNC[C@@H](N/N=C/c2ccccc2-c2cccc(-c3ccccc3)c2)C1. The second kappa shape index (κ2) is 9.37. The Morgan fingerprint density at radius 1 is 0.933 bits per heavy atom. The molecule has 152 valence electrons. The Balaban J connectivity index is 1.52. The van der Waals surface area contributed by atoms with E-state index in [1.165, 1.54) is 11.1 Å². The summed E-state index contributed by atoms with van der Waals surface area (Å²) < 4.78 is 0. The van der Waals surface area contributed by atoms with Crippen LogP contribution in [0.5, 0.6) is 0 Å². The predicted octanol–water partition coefficient (Wildman–Crippen LogP) is 4.01. The lowest BCUT2D eigenvalue weighted by molar-refractivity contribution is -0.142. The third kappa shape index (κ3) is 4.75. The molecule has 3 aromatic carbocycles. The van der Waals surface area contributed by atoms with Gasteiger partial charge < -0.3 is 15.8 Å². The van der Waals surface area contributed by atoms with Crippen molar-refractivity contribution in [2.75, 3.05) is 13.1 Å². The van der Waals surface area contributed by atoms with Crippen LogP contribution in [0, 0.1) is 5.92 Å².